The Morgan fingerprint density at radius 3 is 2.53 bits per heavy atom. The second-order valence-corrected chi connectivity index (χ2v) is 6.83. The van der Waals surface area contributed by atoms with Crippen LogP contribution in [0.4, 0.5) is 11.5 Å². The standard InChI is InChI=1S/C20H22N6O6/c1-5-6-12-8-18(27)23-20(21-12)25-17(7-11(2)24-25)22-19(28)13-9-15(31-3)16(32-4)10-14(13)26(29)30/h7-10H,5-6H2,1-4H3,(H,22,28)(H,21,23,27). The Bertz CT molecular complexity index is 1230. The van der Waals surface area contributed by atoms with E-state index in [1.165, 1.54) is 31.0 Å². The number of hydrogen-bond acceptors (Lipinski definition) is 8. The van der Waals surface area contributed by atoms with Crippen LogP contribution in [-0.2, 0) is 6.42 Å². The molecule has 0 aliphatic carbocycles. The van der Waals surface area contributed by atoms with Crippen molar-refractivity contribution in [3.63, 3.8) is 0 Å². The number of aryl methyl sites for hydroxylation is 2. The number of carbonyl (C=O) groups is 1. The van der Waals surface area contributed by atoms with E-state index >= 15 is 0 Å². The molecule has 3 aromatic rings. The molecule has 168 valence electrons. The Morgan fingerprint density at radius 2 is 1.91 bits per heavy atom. The van der Waals surface area contributed by atoms with Crippen LogP contribution in [0.15, 0.2) is 29.1 Å². The Hall–Kier alpha value is -4.22. The molecule has 0 aliphatic heterocycles. The lowest BCUT2D eigenvalue weighted by Crippen LogP contribution is -2.20. The number of anilines is 1. The highest BCUT2D eigenvalue weighted by molar-refractivity contribution is 6.07. The van der Waals surface area contributed by atoms with E-state index in [-0.39, 0.29) is 34.4 Å². The number of nitrogens with zero attached hydrogens (tertiary/aromatic N) is 4. The van der Waals surface area contributed by atoms with Crippen LogP contribution in [0.2, 0.25) is 0 Å². The summed E-state index contributed by atoms with van der Waals surface area (Å²) in [5.41, 5.74) is 0.0518. The van der Waals surface area contributed by atoms with Crippen LogP contribution in [0.3, 0.4) is 0 Å². The van der Waals surface area contributed by atoms with Crippen LogP contribution in [0.5, 0.6) is 11.5 Å². The molecule has 1 amide bonds. The van der Waals surface area contributed by atoms with E-state index in [9.17, 15) is 19.7 Å². The zero-order valence-corrected chi connectivity index (χ0v) is 18.0. The molecule has 32 heavy (non-hydrogen) atoms. The molecule has 2 N–H and O–H groups in total. The minimum absolute atomic E-state index is 0.117. The van der Waals surface area contributed by atoms with E-state index in [1.807, 2.05) is 6.92 Å². The summed E-state index contributed by atoms with van der Waals surface area (Å²) in [7, 11) is 2.69. The lowest BCUT2D eigenvalue weighted by Gasteiger charge is -2.12. The van der Waals surface area contributed by atoms with E-state index in [0.29, 0.717) is 17.8 Å². The maximum Gasteiger partial charge on any atom is 0.286 e. The fraction of sp³-hybridized carbons (Fsp3) is 0.300. The first-order chi connectivity index (χ1) is 15.3. The first-order valence-electron chi connectivity index (χ1n) is 9.66. The van der Waals surface area contributed by atoms with Crippen LogP contribution < -0.4 is 20.3 Å². The van der Waals surface area contributed by atoms with Gasteiger partial charge in [0.05, 0.1) is 30.9 Å². The average Bonchev–Trinajstić information content (AvgIpc) is 3.12. The van der Waals surface area contributed by atoms with Crippen molar-refractivity contribution in [1.82, 2.24) is 19.7 Å². The number of H-pyrrole nitrogens is 1. The predicted octanol–water partition coefficient (Wildman–Crippen LogP) is 2.39. The van der Waals surface area contributed by atoms with Crippen molar-refractivity contribution < 1.29 is 19.2 Å². The summed E-state index contributed by atoms with van der Waals surface area (Å²) < 4.78 is 11.5. The molecule has 2 heterocycles. The third-order valence-corrected chi connectivity index (χ3v) is 4.51. The Morgan fingerprint density at radius 1 is 1.22 bits per heavy atom. The topological polar surface area (TPSA) is 154 Å². The minimum Gasteiger partial charge on any atom is -0.493 e. The summed E-state index contributed by atoms with van der Waals surface area (Å²) in [5.74, 6) is -0.206. The summed E-state index contributed by atoms with van der Waals surface area (Å²) >= 11 is 0. The smallest absolute Gasteiger partial charge is 0.286 e. The van der Waals surface area contributed by atoms with Gasteiger partial charge in [0.2, 0.25) is 5.95 Å². The average molecular weight is 442 g/mol. The molecular weight excluding hydrogens is 420 g/mol. The van der Waals surface area contributed by atoms with Gasteiger partial charge in [-0.15, -0.1) is 0 Å². The minimum atomic E-state index is -0.772. The first-order valence-corrected chi connectivity index (χ1v) is 9.66. The third kappa shape index (κ3) is 4.58. The molecule has 0 fully saturated rings. The number of nitro groups is 1. The molecule has 0 bridgehead atoms. The van der Waals surface area contributed by atoms with Crippen LogP contribution in [0.25, 0.3) is 5.95 Å². The Kier molecular flexibility index (Phi) is 6.52. The number of aromatic nitrogens is 4. The zero-order valence-electron chi connectivity index (χ0n) is 18.0. The van der Waals surface area contributed by atoms with E-state index in [4.69, 9.17) is 9.47 Å². The molecule has 0 saturated heterocycles. The molecule has 1 aromatic carbocycles. The molecule has 0 aliphatic rings. The molecule has 12 nitrogen and oxygen atoms in total. The summed E-state index contributed by atoms with van der Waals surface area (Å²) in [5, 5.41) is 18.4. The van der Waals surface area contributed by atoms with Crippen molar-refractivity contribution in [2.45, 2.75) is 26.7 Å². The Balaban J connectivity index is 2.04. The summed E-state index contributed by atoms with van der Waals surface area (Å²) in [4.78, 5) is 42.9. The van der Waals surface area contributed by atoms with Crippen LogP contribution in [0, 0.1) is 17.0 Å². The number of methoxy groups -OCH3 is 2. The van der Waals surface area contributed by atoms with E-state index in [0.717, 1.165) is 12.5 Å². The number of aromatic amines is 1. The second-order valence-electron chi connectivity index (χ2n) is 6.83. The van der Waals surface area contributed by atoms with Gasteiger partial charge in [0.15, 0.2) is 11.5 Å². The molecule has 0 unspecified atom stereocenters. The molecule has 0 spiro atoms. The number of nitro benzene ring substituents is 1. The van der Waals surface area contributed by atoms with Crippen LogP contribution in [0.1, 0.15) is 35.1 Å². The molecule has 0 atom stereocenters. The maximum absolute atomic E-state index is 13.0. The molecule has 12 heteroatoms. The van der Waals surface area contributed by atoms with Gasteiger partial charge in [-0.25, -0.2) is 4.98 Å². The fourth-order valence-corrected chi connectivity index (χ4v) is 3.11. The number of ether oxygens (including phenoxy) is 2. The van der Waals surface area contributed by atoms with Crippen molar-refractivity contribution in [2.24, 2.45) is 0 Å². The van der Waals surface area contributed by atoms with Crippen molar-refractivity contribution >= 4 is 17.4 Å². The summed E-state index contributed by atoms with van der Waals surface area (Å²) in [6.07, 6.45) is 1.39. The number of carbonyl (C=O) groups excluding carboxylic acids is 1. The number of amides is 1. The van der Waals surface area contributed by atoms with Crippen molar-refractivity contribution in [2.75, 3.05) is 19.5 Å². The van der Waals surface area contributed by atoms with Gasteiger partial charge in [-0.3, -0.25) is 24.7 Å². The van der Waals surface area contributed by atoms with E-state index < -0.39 is 16.5 Å². The van der Waals surface area contributed by atoms with Gasteiger partial charge in [-0.05, 0) is 13.3 Å². The van der Waals surface area contributed by atoms with Crippen LogP contribution >= 0.6 is 0 Å². The first kappa shape index (κ1) is 22.5. The van der Waals surface area contributed by atoms with Gasteiger partial charge in [-0.1, -0.05) is 13.3 Å². The number of hydrogen-bond donors (Lipinski definition) is 2. The fourth-order valence-electron chi connectivity index (χ4n) is 3.11. The van der Waals surface area contributed by atoms with Crippen molar-refractivity contribution in [3.05, 3.63) is 61.7 Å². The van der Waals surface area contributed by atoms with Gasteiger partial charge >= 0.3 is 0 Å². The summed E-state index contributed by atoms with van der Waals surface area (Å²) in [6, 6.07) is 5.29. The molecule has 0 saturated carbocycles. The maximum atomic E-state index is 13.0. The lowest BCUT2D eigenvalue weighted by molar-refractivity contribution is -0.385. The number of benzene rings is 1. The summed E-state index contributed by atoms with van der Waals surface area (Å²) in [6.45, 7) is 3.65. The number of nitrogens with one attached hydrogen (secondary N) is 2. The molecule has 2 aromatic heterocycles. The third-order valence-electron chi connectivity index (χ3n) is 4.51. The van der Waals surface area contributed by atoms with E-state index in [2.05, 4.69) is 20.4 Å². The van der Waals surface area contributed by atoms with Crippen molar-refractivity contribution in [1.29, 1.82) is 0 Å². The van der Waals surface area contributed by atoms with Crippen molar-refractivity contribution in [3.8, 4) is 17.4 Å². The van der Waals surface area contributed by atoms with Crippen LogP contribution in [-0.4, -0.2) is 44.8 Å². The molecule has 0 radical (unpaired) electrons. The highest BCUT2D eigenvalue weighted by Gasteiger charge is 2.26. The molecule has 3 rings (SSSR count). The molecular formula is C20H22N6O6. The van der Waals surface area contributed by atoms with Gasteiger partial charge < -0.3 is 14.8 Å². The Labute approximate surface area is 182 Å². The highest BCUT2D eigenvalue weighted by Crippen LogP contribution is 2.35. The normalized spacial score (nSPS) is 10.6. The highest BCUT2D eigenvalue weighted by atomic mass is 16.6. The largest absolute Gasteiger partial charge is 0.493 e. The predicted molar refractivity (Wildman–Crippen MR) is 115 cm³/mol. The quantitative estimate of drug-likeness (QED) is 0.398. The lowest BCUT2D eigenvalue weighted by atomic mass is 10.1. The van der Waals surface area contributed by atoms with E-state index in [1.54, 1.807) is 13.0 Å². The zero-order chi connectivity index (χ0) is 23.4. The SMILES string of the molecule is CCCc1cc(=O)[nH]c(-n2nc(C)cc2NC(=O)c2cc(OC)c(OC)cc2[N+](=O)[O-])n1. The monoisotopic (exact) mass is 442 g/mol. The number of rotatable bonds is 8. The van der Waals surface area contributed by atoms with Gasteiger partial charge in [0.25, 0.3) is 17.2 Å². The van der Waals surface area contributed by atoms with Gasteiger partial charge in [-0.2, -0.15) is 9.78 Å². The van der Waals surface area contributed by atoms with Gasteiger partial charge in [0.1, 0.15) is 11.4 Å². The van der Waals surface area contributed by atoms with Gasteiger partial charge in [0, 0.05) is 23.9 Å². The second kappa shape index (κ2) is 9.29.